The van der Waals surface area contributed by atoms with Crippen molar-refractivity contribution >= 4 is 28.5 Å². The van der Waals surface area contributed by atoms with Crippen molar-refractivity contribution in [2.24, 2.45) is 12.0 Å². The summed E-state index contributed by atoms with van der Waals surface area (Å²) in [6, 6.07) is 8.35. The molecular formula is C20H26ClN5. The van der Waals surface area contributed by atoms with Crippen LogP contribution in [0.25, 0.3) is 10.9 Å². The summed E-state index contributed by atoms with van der Waals surface area (Å²) >= 11 is 6.08. The van der Waals surface area contributed by atoms with Gasteiger partial charge in [-0.25, -0.2) is 0 Å². The van der Waals surface area contributed by atoms with Gasteiger partial charge in [-0.05, 0) is 36.6 Å². The van der Waals surface area contributed by atoms with Gasteiger partial charge in [0.15, 0.2) is 5.96 Å². The highest BCUT2D eigenvalue weighted by Gasteiger charge is 2.11. The molecule has 3 rings (SSSR count). The third-order valence-corrected chi connectivity index (χ3v) is 4.93. The van der Waals surface area contributed by atoms with Crippen molar-refractivity contribution in [1.29, 1.82) is 0 Å². The van der Waals surface area contributed by atoms with Gasteiger partial charge in [-0.3, -0.25) is 4.99 Å². The van der Waals surface area contributed by atoms with Gasteiger partial charge in [0.25, 0.3) is 0 Å². The van der Waals surface area contributed by atoms with Crippen LogP contribution in [0.1, 0.15) is 16.8 Å². The molecular weight excluding hydrogens is 346 g/mol. The highest BCUT2D eigenvalue weighted by Crippen LogP contribution is 2.22. The Morgan fingerprint density at radius 1 is 1.38 bits per heavy atom. The highest BCUT2D eigenvalue weighted by molar-refractivity contribution is 6.30. The van der Waals surface area contributed by atoms with E-state index in [1.165, 1.54) is 22.0 Å². The smallest absolute Gasteiger partial charge is 0.193 e. The summed E-state index contributed by atoms with van der Waals surface area (Å²) in [5.74, 6) is 0.874. The number of hydrogen-bond donors (Lipinski definition) is 2. The molecule has 0 amide bonds. The molecule has 26 heavy (non-hydrogen) atoms. The lowest BCUT2D eigenvalue weighted by molar-refractivity contribution is 0.462. The third-order valence-electron chi connectivity index (χ3n) is 4.72. The van der Waals surface area contributed by atoms with Crippen LogP contribution < -0.4 is 5.32 Å². The lowest BCUT2D eigenvalue weighted by Gasteiger charge is -2.22. The first-order valence-corrected chi connectivity index (χ1v) is 9.15. The van der Waals surface area contributed by atoms with Crippen LogP contribution in [0.15, 0.2) is 41.7 Å². The van der Waals surface area contributed by atoms with Crippen molar-refractivity contribution in [3.63, 3.8) is 0 Å². The summed E-state index contributed by atoms with van der Waals surface area (Å²) < 4.78 is 2.04. The third kappa shape index (κ3) is 3.88. The van der Waals surface area contributed by atoms with Gasteiger partial charge >= 0.3 is 0 Å². The van der Waals surface area contributed by atoms with E-state index in [0.717, 1.165) is 36.2 Å². The molecule has 0 aliphatic rings. The van der Waals surface area contributed by atoms with Crippen LogP contribution in [0, 0.1) is 6.92 Å². The average molecular weight is 372 g/mol. The summed E-state index contributed by atoms with van der Waals surface area (Å²) in [5.41, 5.74) is 4.98. The second-order valence-corrected chi connectivity index (χ2v) is 7.09. The van der Waals surface area contributed by atoms with E-state index in [9.17, 15) is 0 Å². The van der Waals surface area contributed by atoms with E-state index in [1.54, 1.807) is 0 Å². The average Bonchev–Trinajstić information content (AvgIpc) is 3.15. The zero-order chi connectivity index (χ0) is 18.7. The molecule has 0 bridgehead atoms. The van der Waals surface area contributed by atoms with Crippen molar-refractivity contribution < 1.29 is 0 Å². The summed E-state index contributed by atoms with van der Waals surface area (Å²) in [7, 11) is 5.85. The molecule has 1 aromatic carbocycles. The number of rotatable bonds is 5. The lowest BCUT2D eigenvalue weighted by atomic mass is 10.1. The zero-order valence-electron chi connectivity index (χ0n) is 15.8. The highest BCUT2D eigenvalue weighted by atomic mass is 35.5. The summed E-state index contributed by atoms with van der Waals surface area (Å²) in [5, 5.41) is 5.55. The summed E-state index contributed by atoms with van der Waals surface area (Å²) in [6.07, 6.45) is 4.96. The van der Waals surface area contributed by atoms with Crippen LogP contribution >= 0.6 is 11.6 Å². The number of H-pyrrole nitrogens is 1. The molecule has 0 saturated heterocycles. The number of aromatic amines is 1. The topological polar surface area (TPSA) is 48.4 Å². The van der Waals surface area contributed by atoms with Gasteiger partial charge < -0.3 is 19.8 Å². The Hall–Kier alpha value is -2.40. The number of guanidine groups is 1. The largest absolute Gasteiger partial charge is 0.361 e. The Labute approximate surface area is 159 Å². The maximum absolute atomic E-state index is 6.08. The number of aliphatic imine (C=N–C) groups is 1. The van der Waals surface area contributed by atoms with E-state index in [4.69, 9.17) is 11.6 Å². The second-order valence-electron chi connectivity index (χ2n) is 6.65. The molecule has 0 spiro atoms. The molecule has 6 heteroatoms. The van der Waals surface area contributed by atoms with E-state index in [0.29, 0.717) is 0 Å². The first-order chi connectivity index (χ1) is 12.5. The Balaban J connectivity index is 1.61. The van der Waals surface area contributed by atoms with Crippen molar-refractivity contribution in [1.82, 2.24) is 19.8 Å². The molecule has 0 saturated carbocycles. The van der Waals surface area contributed by atoms with Gasteiger partial charge in [-0.2, -0.15) is 0 Å². The van der Waals surface area contributed by atoms with E-state index in [1.807, 2.05) is 38.0 Å². The predicted octanol–water partition coefficient (Wildman–Crippen LogP) is 3.72. The maximum atomic E-state index is 6.08. The zero-order valence-corrected chi connectivity index (χ0v) is 16.6. The van der Waals surface area contributed by atoms with Crippen molar-refractivity contribution in [2.75, 3.05) is 20.6 Å². The van der Waals surface area contributed by atoms with E-state index in [2.05, 4.69) is 51.5 Å². The first-order valence-electron chi connectivity index (χ1n) is 8.77. The van der Waals surface area contributed by atoms with Gasteiger partial charge in [0.1, 0.15) is 0 Å². The molecule has 2 N–H and O–H groups in total. The fourth-order valence-corrected chi connectivity index (χ4v) is 3.66. The Bertz CT molecular complexity index is 922. The Morgan fingerprint density at radius 2 is 2.19 bits per heavy atom. The molecule has 0 aliphatic carbocycles. The number of nitrogens with zero attached hydrogens (tertiary/aromatic N) is 3. The number of aromatic nitrogens is 2. The molecule has 0 atom stereocenters. The van der Waals surface area contributed by atoms with Crippen LogP contribution in [0.4, 0.5) is 0 Å². The minimum Gasteiger partial charge on any atom is -0.361 e. The SMILES string of the molecule is CN=C(NCCc1c[nH]c2cccc(C)c12)N(C)Cc1cc(Cl)cn1C. The first kappa shape index (κ1) is 18.4. The number of benzene rings is 1. The number of aryl methyl sites for hydroxylation is 2. The molecule has 3 aromatic rings. The van der Waals surface area contributed by atoms with E-state index < -0.39 is 0 Å². The standard InChI is InChI=1S/C20H26ClN5/c1-14-6-5-7-18-19(14)15(11-24-18)8-9-23-20(22-2)26(4)13-17-10-16(21)12-25(17)3/h5-7,10-12,24H,8-9,13H2,1-4H3,(H,22,23). The van der Waals surface area contributed by atoms with Crippen LogP contribution in [-0.2, 0) is 20.0 Å². The van der Waals surface area contributed by atoms with Crippen molar-refractivity contribution in [3.8, 4) is 0 Å². The molecule has 2 aromatic heterocycles. The van der Waals surface area contributed by atoms with Gasteiger partial charge in [-0.15, -0.1) is 0 Å². The molecule has 0 radical (unpaired) electrons. The number of fused-ring (bicyclic) bond motifs is 1. The Kier molecular flexibility index (Phi) is 5.57. The number of hydrogen-bond acceptors (Lipinski definition) is 1. The predicted molar refractivity (Wildman–Crippen MR) is 110 cm³/mol. The monoisotopic (exact) mass is 371 g/mol. The number of nitrogens with one attached hydrogen (secondary N) is 2. The normalized spacial score (nSPS) is 12.0. The fourth-order valence-electron chi connectivity index (χ4n) is 3.38. The van der Waals surface area contributed by atoms with Gasteiger partial charge in [0.05, 0.1) is 11.6 Å². The quantitative estimate of drug-likeness (QED) is 0.530. The van der Waals surface area contributed by atoms with Crippen LogP contribution in [0.2, 0.25) is 5.02 Å². The maximum Gasteiger partial charge on any atom is 0.193 e. The van der Waals surface area contributed by atoms with Crippen LogP contribution in [-0.4, -0.2) is 41.1 Å². The fraction of sp³-hybridized carbons (Fsp3) is 0.350. The summed E-state index contributed by atoms with van der Waals surface area (Å²) in [4.78, 5) is 9.87. The van der Waals surface area contributed by atoms with Gasteiger partial charge in [0.2, 0.25) is 0 Å². The van der Waals surface area contributed by atoms with E-state index in [-0.39, 0.29) is 0 Å². The van der Waals surface area contributed by atoms with Crippen molar-refractivity contribution in [3.05, 3.63) is 58.5 Å². The molecule has 0 fully saturated rings. The summed E-state index contributed by atoms with van der Waals surface area (Å²) in [6.45, 7) is 3.73. The molecule has 5 nitrogen and oxygen atoms in total. The molecule has 2 heterocycles. The van der Waals surface area contributed by atoms with Crippen molar-refractivity contribution in [2.45, 2.75) is 19.9 Å². The second kappa shape index (κ2) is 7.87. The van der Waals surface area contributed by atoms with E-state index >= 15 is 0 Å². The van der Waals surface area contributed by atoms with Crippen LogP contribution in [0.3, 0.4) is 0 Å². The molecule has 0 aliphatic heterocycles. The lowest BCUT2D eigenvalue weighted by Crippen LogP contribution is -2.39. The Morgan fingerprint density at radius 3 is 2.88 bits per heavy atom. The van der Waals surface area contributed by atoms with Gasteiger partial charge in [-0.1, -0.05) is 23.7 Å². The minimum absolute atomic E-state index is 0.745. The van der Waals surface area contributed by atoms with Crippen LogP contribution in [0.5, 0.6) is 0 Å². The van der Waals surface area contributed by atoms with Gasteiger partial charge in [0, 0.05) is 56.7 Å². The molecule has 0 unspecified atom stereocenters. The minimum atomic E-state index is 0.745. The molecule has 138 valence electrons. The number of halogens is 1.